The Balaban J connectivity index is 1.57. The Hall–Kier alpha value is -2.69. The molecule has 3 nitrogen and oxygen atoms in total. The molecule has 1 unspecified atom stereocenters. The third-order valence-electron chi connectivity index (χ3n) is 5.05. The van der Waals surface area contributed by atoms with Gasteiger partial charge in [0.25, 0.3) is 5.91 Å². The Morgan fingerprint density at radius 2 is 1.88 bits per heavy atom. The summed E-state index contributed by atoms with van der Waals surface area (Å²) in [6.45, 7) is 1.20. The fourth-order valence-corrected chi connectivity index (χ4v) is 3.70. The number of carbonyl (C=O) groups is 1. The third kappa shape index (κ3) is 2.69. The molecule has 1 aliphatic heterocycles. The van der Waals surface area contributed by atoms with Gasteiger partial charge in [-0.3, -0.25) is 4.79 Å². The van der Waals surface area contributed by atoms with Crippen LogP contribution >= 0.6 is 0 Å². The number of para-hydroxylation sites is 1. The Morgan fingerprint density at radius 3 is 2.64 bits per heavy atom. The lowest BCUT2D eigenvalue weighted by molar-refractivity contribution is 0.0790. The van der Waals surface area contributed by atoms with Crippen LogP contribution in [0.3, 0.4) is 0 Å². The fourth-order valence-electron chi connectivity index (χ4n) is 3.70. The minimum atomic E-state index is -0.990. The molecule has 1 atom stereocenters. The van der Waals surface area contributed by atoms with Gasteiger partial charge in [0.2, 0.25) is 0 Å². The summed E-state index contributed by atoms with van der Waals surface area (Å²) in [6, 6.07) is 13.7. The molecule has 4 rings (SSSR count). The van der Waals surface area contributed by atoms with Crippen molar-refractivity contribution in [3.8, 4) is 0 Å². The van der Waals surface area contributed by atoms with Gasteiger partial charge in [0, 0.05) is 42.8 Å². The van der Waals surface area contributed by atoms with Gasteiger partial charge in [-0.1, -0.05) is 18.2 Å². The van der Waals surface area contributed by atoms with E-state index in [0.29, 0.717) is 13.1 Å². The number of halogens is 2. The lowest BCUT2D eigenvalue weighted by Gasteiger charge is -2.17. The SMILES string of the molecule is Cn1c(C2CCN(C(=O)c3ccc(F)c(F)c3)C2)cc2ccccc21. The highest BCUT2D eigenvalue weighted by molar-refractivity contribution is 5.94. The molecule has 0 radical (unpaired) electrons. The molecular weight excluding hydrogens is 322 g/mol. The molecule has 5 heteroatoms. The van der Waals surface area contributed by atoms with Crippen LogP contribution in [0.4, 0.5) is 8.78 Å². The molecule has 1 amide bonds. The first-order valence-electron chi connectivity index (χ1n) is 8.33. The van der Waals surface area contributed by atoms with Crippen molar-refractivity contribution in [3.05, 3.63) is 71.4 Å². The largest absolute Gasteiger partial charge is 0.347 e. The van der Waals surface area contributed by atoms with Crippen molar-refractivity contribution in [2.75, 3.05) is 13.1 Å². The average molecular weight is 340 g/mol. The molecule has 2 aromatic carbocycles. The number of hydrogen-bond acceptors (Lipinski definition) is 1. The standard InChI is InChI=1S/C20H18F2N2O/c1-23-18-5-3-2-4-13(18)11-19(23)15-8-9-24(12-15)20(25)14-6-7-16(21)17(22)10-14/h2-7,10-11,15H,8-9,12H2,1H3. The van der Waals surface area contributed by atoms with E-state index in [2.05, 4.69) is 22.8 Å². The molecule has 1 fully saturated rings. The lowest BCUT2D eigenvalue weighted by atomic mass is 10.0. The van der Waals surface area contributed by atoms with E-state index in [1.807, 2.05) is 19.2 Å². The Bertz CT molecular complexity index is 963. The van der Waals surface area contributed by atoms with E-state index in [0.717, 1.165) is 18.6 Å². The van der Waals surface area contributed by atoms with Gasteiger partial charge in [0.1, 0.15) is 0 Å². The molecule has 0 spiro atoms. The Kier molecular flexibility index (Phi) is 3.79. The second-order valence-corrected chi connectivity index (χ2v) is 6.55. The molecule has 0 saturated carbocycles. The number of aryl methyl sites for hydroxylation is 1. The summed E-state index contributed by atoms with van der Waals surface area (Å²) >= 11 is 0. The first-order chi connectivity index (χ1) is 12.0. The second kappa shape index (κ2) is 5.99. The predicted molar refractivity (Wildman–Crippen MR) is 92.5 cm³/mol. The molecule has 1 aromatic heterocycles. The molecule has 0 aliphatic carbocycles. The zero-order chi connectivity index (χ0) is 17.6. The number of rotatable bonds is 2. The number of amides is 1. The number of carbonyl (C=O) groups excluding carboxylic acids is 1. The molecule has 128 valence electrons. The van der Waals surface area contributed by atoms with Crippen molar-refractivity contribution in [2.45, 2.75) is 12.3 Å². The van der Waals surface area contributed by atoms with Gasteiger partial charge in [-0.05, 0) is 42.1 Å². The Labute approximate surface area is 144 Å². The number of benzene rings is 2. The zero-order valence-electron chi connectivity index (χ0n) is 13.9. The van der Waals surface area contributed by atoms with Crippen LogP contribution in [0.15, 0.2) is 48.5 Å². The van der Waals surface area contributed by atoms with E-state index in [4.69, 9.17) is 0 Å². The maximum Gasteiger partial charge on any atom is 0.253 e. The normalized spacial score (nSPS) is 17.4. The minimum Gasteiger partial charge on any atom is -0.347 e. The van der Waals surface area contributed by atoms with Crippen LogP contribution in [0.5, 0.6) is 0 Å². The minimum absolute atomic E-state index is 0.191. The first-order valence-corrected chi connectivity index (χ1v) is 8.33. The van der Waals surface area contributed by atoms with Crippen molar-refractivity contribution in [2.24, 2.45) is 7.05 Å². The molecule has 1 saturated heterocycles. The highest BCUT2D eigenvalue weighted by Crippen LogP contribution is 2.32. The van der Waals surface area contributed by atoms with Gasteiger partial charge in [0.05, 0.1) is 0 Å². The third-order valence-corrected chi connectivity index (χ3v) is 5.05. The van der Waals surface area contributed by atoms with E-state index >= 15 is 0 Å². The Morgan fingerprint density at radius 1 is 1.08 bits per heavy atom. The summed E-state index contributed by atoms with van der Waals surface area (Å²) in [7, 11) is 2.04. The van der Waals surface area contributed by atoms with Gasteiger partial charge in [0.15, 0.2) is 11.6 Å². The average Bonchev–Trinajstić information content (AvgIpc) is 3.22. The first kappa shape index (κ1) is 15.8. The highest BCUT2D eigenvalue weighted by Gasteiger charge is 2.30. The monoisotopic (exact) mass is 340 g/mol. The summed E-state index contributed by atoms with van der Waals surface area (Å²) in [5.74, 6) is -1.94. The van der Waals surface area contributed by atoms with Crippen molar-refractivity contribution in [1.29, 1.82) is 0 Å². The van der Waals surface area contributed by atoms with Gasteiger partial charge in [-0.25, -0.2) is 8.78 Å². The summed E-state index contributed by atoms with van der Waals surface area (Å²) in [4.78, 5) is 14.3. The summed E-state index contributed by atoms with van der Waals surface area (Å²) in [5, 5.41) is 1.19. The number of likely N-dealkylation sites (tertiary alicyclic amines) is 1. The van der Waals surface area contributed by atoms with Gasteiger partial charge in [-0.2, -0.15) is 0 Å². The summed E-state index contributed by atoms with van der Waals surface area (Å²) < 4.78 is 28.6. The van der Waals surface area contributed by atoms with Crippen LogP contribution in [0, 0.1) is 11.6 Å². The van der Waals surface area contributed by atoms with Crippen LogP contribution in [0.25, 0.3) is 10.9 Å². The fraction of sp³-hybridized carbons (Fsp3) is 0.250. The van der Waals surface area contributed by atoms with Crippen LogP contribution in [-0.4, -0.2) is 28.5 Å². The second-order valence-electron chi connectivity index (χ2n) is 6.55. The van der Waals surface area contributed by atoms with Crippen LogP contribution < -0.4 is 0 Å². The topological polar surface area (TPSA) is 25.2 Å². The molecule has 0 N–H and O–H groups in total. The quantitative estimate of drug-likeness (QED) is 0.690. The van der Waals surface area contributed by atoms with E-state index in [1.54, 1.807) is 4.90 Å². The molecule has 3 aromatic rings. The number of fused-ring (bicyclic) bond motifs is 1. The molecule has 0 bridgehead atoms. The predicted octanol–water partition coefficient (Wildman–Crippen LogP) is 4.09. The highest BCUT2D eigenvalue weighted by atomic mass is 19.2. The van der Waals surface area contributed by atoms with Crippen molar-refractivity contribution >= 4 is 16.8 Å². The van der Waals surface area contributed by atoms with Gasteiger partial charge >= 0.3 is 0 Å². The van der Waals surface area contributed by atoms with Crippen LogP contribution in [-0.2, 0) is 7.05 Å². The van der Waals surface area contributed by atoms with Crippen molar-refractivity contribution in [3.63, 3.8) is 0 Å². The maximum absolute atomic E-state index is 13.4. The smallest absolute Gasteiger partial charge is 0.253 e. The van der Waals surface area contributed by atoms with Crippen molar-refractivity contribution < 1.29 is 13.6 Å². The lowest BCUT2D eigenvalue weighted by Crippen LogP contribution is -2.28. The number of nitrogens with zero attached hydrogens (tertiary/aromatic N) is 2. The molecule has 25 heavy (non-hydrogen) atoms. The van der Waals surface area contributed by atoms with Gasteiger partial charge in [-0.15, -0.1) is 0 Å². The van der Waals surface area contributed by atoms with Crippen LogP contribution in [0.1, 0.15) is 28.4 Å². The van der Waals surface area contributed by atoms with E-state index in [1.165, 1.54) is 22.7 Å². The van der Waals surface area contributed by atoms with Crippen LogP contribution in [0.2, 0.25) is 0 Å². The maximum atomic E-state index is 13.4. The molecular formula is C20H18F2N2O. The molecule has 2 heterocycles. The van der Waals surface area contributed by atoms with E-state index < -0.39 is 11.6 Å². The summed E-state index contributed by atoms with van der Waals surface area (Å²) in [5.41, 5.74) is 2.56. The molecule has 1 aliphatic rings. The van der Waals surface area contributed by atoms with Crippen molar-refractivity contribution in [1.82, 2.24) is 9.47 Å². The summed E-state index contributed by atoms with van der Waals surface area (Å²) in [6.07, 6.45) is 0.861. The zero-order valence-corrected chi connectivity index (χ0v) is 13.9. The number of aromatic nitrogens is 1. The van der Waals surface area contributed by atoms with Gasteiger partial charge < -0.3 is 9.47 Å². The van der Waals surface area contributed by atoms with E-state index in [9.17, 15) is 13.6 Å². The number of hydrogen-bond donors (Lipinski definition) is 0. The van der Waals surface area contributed by atoms with E-state index in [-0.39, 0.29) is 17.4 Å².